The highest BCUT2D eigenvalue weighted by atomic mass is 32.2. The maximum Gasteiger partial charge on any atom is 0.243 e. The minimum absolute atomic E-state index is 0.183. The summed E-state index contributed by atoms with van der Waals surface area (Å²) in [5.74, 6) is 1.18. The lowest BCUT2D eigenvalue weighted by molar-refractivity contribution is -0.131. The zero-order valence-electron chi connectivity index (χ0n) is 20.3. The van der Waals surface area contributed by atoms with Crippen molar-refractivity contribution in [2.24, 2.45) is 0 Å². The van der Waals surface area contributed by atoms with Crippen LogP contribution in [0.25, 0.3) is 0 Å². The minimum Gasteiger partial charge on any atom is -0.493 e. The second-order valence-corrected chi connectivity index (χ2v) is 10.3. The molecular formula is C25H34N2O6S. The quantitative estimate of drug-likeness (QED) is 0.505. The van der Waals surface area contributed by atoms with E-state index in [1.807, 2.05) is 0 Å². The molecule has 8 nitrogen and oxygen atoms in total. The summed E-state index contributed by atoms with van der Waals surface area (Å²) >= 11 is 0. The van der Waals surface area contributed by atoms with Gasteiger partial charge in [-0.1, -0.05) is 37.5 Å². The first-order valence-electron chi connectivity index (χ1n) is 11.4. The standard InChI is InChI=1S/C25H34N2O6S/c1-26(17-19-15-22(31-2)25(33-4)23(16-19)32-3)24(28)18-27(20-11-7-5-8-12-20)34(29,30)21-13-9-6-10-14-21/h6,9-10,13-16,20H,5,7-8,11-12,17-18H2,1-4H3. The van der Waals surface area contributed by atoms with Crippen LogP contribution in [0.5, 0.6) is 17.2 Å². The summed E-state index contributed by atoms with van der Waals surface area (Å²) in [6, 6.07) is 11.7. The van der Waals surface area contributed by atoms with Gasteiger partial charge < -0.3 is 19.1 Å². The number of carbonyl (C=O) groups excluding carboxylic acids is 1. The average Bonchev–Trinajstić information content (AvgIpc) is 2.87. The lowest BCUT2D eigenvalue weighted by atomic mass is 9.95. The van der Waals surface area contributed by atoms with Crippen molar-refractivity contribution < 1.29 is 27.4 Å². The van der Waals surface area contributed by atoms with E-state index in [-0.39, 0.29) is 29.9 Å². The van der Waals surface area contributed by atoms with Gasteiger partial charge in [-0.3, -0.25) is 4.79 Å². The van der Waals surface area contributed by atoms with E-state index in [1.165, 1.54) is 30.5 Å². The highest BCUT2D eigenvalue weighted by Crippen LogP contribution is 2.38. The summed E-state index contributed by atoms with van der Waals surface area (Å²) < 4.78 is 44.6. The first-order chi connectivity index (χ1) is 16.3. The van der Waals surface area contributed by atoms with Gasteiger partial charge in [-0.2, -0.15) is 4.31 Å². The van der Waals surface area contributed by atoms with Crippen molar-refractivity contribution in [3.63, 3.8) is 0 Å². The molecule has 0 aromatic heterocycles. The number of rotatable bonds is 10. The van der Waals surface area contributed by atoms with Crippen LogP contribution in [0.4, 0.5) is 0 Å². The molecule has 0 atom stereocenters. The number of ether oxygens (including phenoxy) is 3. The molecule has 1 amide bonds. The first-order valence-corrected chi connectivity index (χ1v) is 12.9. The Morgan fingerprint density at radius 3 is 2.06 bits per heavy atom. The second kappa shape index (κ2) is 11.6. The molecular weight excluding hydrogens is 456 g/mol. The molecule has 0 heterocycles. The Labute approximate surface area is 202 Å². The summed E-state index contributed by atoms with van der Waals surface area (Å²) in [5.41, 5.74) is 0.778. The van der Waals surface area contributed by atoms with Crippen LogP contribution >= 0.6 is 0 Å². The van der Waals surface area contributed by atoms with Crippen LogP contribution in [-0.4, -0.2) is 64.5 Å². The van der Waals surface area contributed by atoms with E-state index >= 15 is 0 Å². The average molecular weight is 491 g/mol. The molecule has 0 spiro atoms. The summed E-state index contributed by atoms with van der Waals surface area (Å²) in [5, 5.41) is 0. The fraction of sp³-hybridized carbons (Fsp3) is 0.480. The highest BCUT2D eigenvalue weighted by molar-refractivity contribution is 7.89. The predicted molar refractivity (Wildman–Crippen MR) is 130 cm³/mol. The monoisotopic (exact) mass is 490 g/mol. The van der Waals surface area contributed by atoms with Gasteiger partial charge >= 0.3 is 0 Å². The Bertz CT molecular complexity index is 1040. The first kappa shape index (κ1) is 25.8. The lowest BCUT2D eigenvalue weighted by Crippen LogP contribution is -2.47. The number of methoxy groups -OCH3 is 3. The van der Waals surface area contributed by atoms with Crippen LogP contribution in [0, 0.1) is 0 Å². The van der Waals surface area contributed by atoms with Gasteiger partial charge in [0.2, 0.25) is 21.7 Å². The van der Waals surface area contributed by atoms with Crippen LogP contribution < -0.4 is 14.2 Å². The van der Waals surface area contributed by atoms with Crippen molar-refractivity contribution in [3.8, 4) is 17.2 Å². The lowest BCUT2D eigenvalue weighted by Gasteiger charge is -2.34. The van der Waals surface area contributed by atoms with Gasteiger partial charge in [-0.25, -0.2) is 8.42 Å². The van der Waals surface area contributed by atoms with E-state index in [9.17, 15) is 13.2 Å². The molecule has 1 aliphatic rings. The maximum atomic E-state index is 13.5. The summed E-state index contributed by atoms with van der Waals surface area (Å²) in [7, 11) is 2.46. The van der Waals surface area contributed by atoms with Gasteiger partial charge in [-0.15, -0.1) is 0 Å². The van der Waals surface area contributed by atoms with Crippen LogP contribution in [0.3, 0.4) is 0 Å². The number of carbonyl (C=O) groups is 1. The van der Waals surface area contributed by atoms with Crippen LogP contribution in [0.2, 0.25) is 0 Å². The molecule has 1 fully saturated rings. The van der Waals surface area contributed by atoms with Crippen molar-refractivity contribution in [2.45, 2.75) is 49.6 Å². The molecule has 34 heavy (non-hydrogen) atoms. The largest absolute Gasteiger partial charge is 0.493 e. The number of sulfonamides is 1. The number of benzene rings is 2. The molecule has 186 valence electrons. The van der Waals surface area contributed by atoms with E-state index in [2.05, 4.69) is 0 Å². The molecule has 0 radical (unpaired) electrons. The molecule has 2 aromatic carbocycles. The minimum atomic E-state index is -3.80. The van der Waals surface area contributed by atoms with E-state index in [1.54, 1.807) is 49.5 Å². The maximum absolute atomic E-state index is 13.5. The molecule has 1 saturated carbocycles. The number of amides is 1. The molecule has 2 aromatic rings. The molecule has 9 heteroatoms. The van der Waals surface area contributed by atoms with Crippen LogP contribution in [0.1, 0.15) is 37.7 Å². The molecule has 0 bridgehead atoms. The molecule has 0 aliphatic heterocycles. The van der Waals surface area contributed by atoms with Gasteiger partial charge in [0.25, 0.3) is 0 Å². The van der Waals surface area contributed by atoms with Crippen molar-refractivity contribution in [2.75, 3.05) is 34.9 Å². The number of hydrogen-bond donors (Lipinski definition) is 0. The third-order valence-corrected chi connectivity index (χ3v) is 8.11. The molecule has 3 rings (SSSR count). The third kappa shape index (κ3) is 5.82. The smallest absolute Gasteiger partial charge is 0.243 e. The number of nitrogens with zero attached hydrogens (tertiary/aromatic N) is 2. The predicted octanol–water partition coefficient (Wildman–Crippen LogP) is 3.69. The number of hydrogen-bond acceptors (Lipinski definition) is 6. The van der Waals surface area contributed by atoms with Crippen molar-refractivity contribution >= 4 is 15.9 Å². The van der Waals surface area contributed by atoms with Crippen LogP contribution in [0.15, 0.2) is 47.4 Å². The second-order valence-electron chi connectivity index (χ2n) is 8.44. The summed E-state index contributed by atoms with van der Waals surface area (Å²) in [6.45, 7) is 0.0578. The van der Waals surface area contributed by atoms with Gasteiger partial charge in [0.15, 0.2) is 11.5 Å². The zero-order valence-corrected chi connectivity index (χ0v) is 21.1. The van der Waals surface area contributed by atoms with Gasteiger partial charge in [0.1, 0.15) is 0 Å². The molecule has 0 saturated heterocycles. The van der Waals surface area contributed by atoms with Crippen molar-refractivity contribution in [1.82, 2.24) is 9.21 Å². The third-order valence-electron chi connectivity index (χ3n) is 6.19. The highest BCUT2D eigenvalue weighted by Gasteiger charge is 2.34. The van der Waals surface area contributed by atoms with Crippen LogP contribution in [-0.2, 0) is 21.4 Å². The van der Waals surface area contributed by atoms with E-state index in [4.69, 9.17) is 14.2 Å². The summed E-state index contributed by atoms with van der Waals surface area (Å²) in [4.78, 5) is 15.0. The van der Waals surface area contributed by atoms with E-state index < -0.39 is 10.0 Å². The van der Waals surface area contributed by atoms with Crippen molar-refractivity contribution in [3.05, 3.63) is 48.0 Å². The summed E-state index contributed by atoms with van der Waals surface area (Å²) in [6.07, 6.45) is 4.53. The van der Waals surface area contributed by atoms with Gasteiger partial charge in [0.05, 0.1) is 32.8 Å². The van der Waals surface area contributed by atoms with E-state index in [0.717, 1.165) is 37.7 Å². The number of likely N-dealkylation sites (N-methyl/N-ethyl adjacent to an activating group) is 1. The van der Waals surface area contributed by atoms with Gasteiger partial charge in [0, 0.05) is 19.6 Å². The Morgan fingerprint density at radius 1 is 0.941 bits per heavy atom. The van der Waals surface area contributed by atoms with Crippen molar-refractivity contribution in [1.29, 1.82) is 0 Å². The Balaban J connectivity index is 1.82. The van der Waals surface area contributed by atoms with E-state index in [0.29, 0.717) is 17.2 Å². The fourth-order valence-electron chi connectivity index (χ4n) is 4.35. The topological polar surface area (TPSA) is 85.4 Å². The Morgan fingerprint density at radius 2 is 1.53 bits per heavy atom. The van der Waals surface area contributed by atoms with Gasteiger partial charge in [-0.05, 0) is 42.7 Å². The Kier molecular flexibility index (Phi) is 8.79. The molecule has 0 unspecified atom stereocenters. The fourth-order valence-corrected chi connectivity index (χ4v) is 6.01. The molecule has 0 N–H and O–H groups in total. The SMILES string of the molecule is COc1cc(CN(C)C(=O)CN(C2CCCCC2)S(=O)(=O)c2ccccc2)cc(OC)c1OC. The Hall–Kier alpha value is -2.78. The molecule has 1 aliphatic carbocycles. The zero-order chi connectivity index (χ0) is 24.7. The normalized spacial score (nSPS) is 14.6.